The van der Waals surface area contributed by atoms with E-state index in [9.17, 15) is 0 Å². The molecular formula is C14H17N5S. The Hall–Kier alpha value is -1.95. The van der Waals surface area contributed by atoms with Gasteiger partial charge in [-0.05, 0) is 24.8 Å². The van der Waals surface area contributed by atoms with Gasteiger partial charge in [-0.2, -0.15) is 0 Å². The van der Waals surface area contributed by atoms with Crippen molar-refractivity contribution in [2.45, 2.75) is 19.9 Å². The molecule has 0 bridgehead atoms. The van der Waals surface area contributed by atoms with Crippen molar-refractivity contribution in [3.63, 3.8) is 0 Å². The second-order valence-electron chi connectivity index (χ2n) is 4.78. The molecular weight excluding hydrogens is 270 g/mol. The largest absolute Gasteiger partial charge is 0.359 e. The minimum Gasteiger partial charge on any atom is -0.359 e. The van der Waals surface area contributed by atoms with Crippen molar-refractivity contribution in [1.82, 2.24) is 19.5 Å². The number of thiophene rings is 1. The molecule has 3 heterocycles. The Labute approximate surface area is 121 Å². The van der Waals surface area contributed by atoms with E-state index in [0.717, 1.165) is 41.4 Å². The van der Waals surface area contributed by atoms with Gasteiger partial charge in [0.2, 0.25) is 0 Å². The van der Waals surface area contributed by atoms with Gasteiger partial charge in [-0.3, -0.25) is 0 Å². The Bertz CT molecular complexity index is 702. The lowest BCUT2D eigenvalue weighted by atomic mass is 10.3. The number of hydrogen-bond acceptors (Lipinski definition) is 5. The average Bonchev–Trinajstić information content (AvgIpc) is 3.07. The highest BCUT2D eigenvalue weighted by Crippen LogP contribution is 2.25. The number of aryl methyl sites for hydroxylation is 2. The van der Waals surface area contributed by atoms with Gasteiger partial charge in [0.25, 0.3) is 0 Å². The van der Waals surface area contributed by atoms with E-state index in [1.165, 1.54) is 0 Å². The van der Waals surface area contributed by atoms with E-state index in [-0.39, 0.29) is 0 Å². The third kappa shape index (κ3) is 2.51. The predicted octanol–water partition coefficient (Wildman–Crippen LogP) is 2.72. The van der Waals surface area contributed by atoms with Crippen molar-refractivity contribution in [2.24, 2.45) is 0 Å². The smallest absolute Gasteiger partial charge is 0.140 e. The number of hydrogen-bond donors (Lipinski definition) is 0. The number of fused-ring (bicyclic) bond motifs is 1. The third-order valence-corrected chi connectivity index (χ3v) is 4.24. The Morgan fingerprint density at radius 2 is 2.20 bits per heavy atom. The Kier molecular flexibility index (Phi) is 3.64. The molecule has 104 valence electrons. The quantitative estimate of drug-likeness (QED) is 0.724. The van der Waals surface area contributed by atoms with E-state index in [4.69, 9.17) is 0 Å². The summed E-state index contributed by atoms with van der Waals surface area (Å²) in [6.45, 7) is 3.97. The maximum Gasteiger partial charge on any atom is 0.140 e. The van der Waals surface area contributed by atoms with Crippen LogP contribution in [0.3, 0.4) is 0 Å². The second-order valence-corrected chi connectivity index (χ2v) is 5.67. The number of aromatic nitrogens is 4. The van der Waals surface area contributed by atoms with Gasteiger partial charge in [0.05, 0.1) is 5.39 Å². The minimum atomic E-state index is 0.958. The lowest BCUT2D eigenvalue weighted by molar-refractivity contribution is 0.621. The molecule has 0 saturated heterocycles. The van der Waals surface area contributed by atoms with Crippen molar-refractivity contribution in [1.29, 1.82) is 0 Å². The van der Waals surface area contributed by atoms with Crippen molar-refractivity contribution < 1.29 is 0 Å². The van der Waals surface area contributed by atoms with Gasteiger partial charge in [0, 0.05) is 32.5 Å². The van der Waals surface area contributed by atoms with E-state index >= 15 is 0 Å². The van der Waals surface area contributed by atoms with Gasteiger partial charge in [0.15, 0.2) is 0 Å². The molecule has 3 aromatic rings. The highest BCUT2D eigenvalue weighted by atomic mass is 32.1. The normalized spacial score (nSPS) is 11.1. The number of imidazole rings is 1. The van der Waals surface area contributed by atoms with Crippen LogP contribution in [0.1, 0.15) is 12.2 Å². The zero-order valence-electron chi connectivity index (χ0n) is 11.7. The number of rotatable bonds is 5. The molecule has 0 aliphatic rings. The van der Waals surface area contributed by atoms with Crippen LogP contribution in [-0.2, 0) is 6.54 Å². The number of anilines is 1. The summed E-state index contributed by atoms with van der Waals surface area (Å²) in [6, 6.07) is 2.09. The molecule has 0 saturated carbocycles. The first-order valence-electron chi connectivity index (χ1n) is 6.63. The molecule has 0 amide bonds. The maximum absolute atomic E-state index is 4.41. The minimum absolute atomic E-state index is 0.958. The van der Waals surface area contributed by atoms with Gasteiger partial charge in [-0.15, -0.1) is 11.3 Å². The molecule has 6 heteroatoms. The summed E-state index contributed by atoms with van der Waals surface area (Å²) < 4.78 is 2.17. The van der Waals surface area contributed by atoms with E-state index in [1.54, 1.807) is 17.7 Å². The molecule has 0 radical (unpaired) electrons. The molecule has 3 aromatic heterocycles. The van der Waals surface area contributed by atoms with Crippen LogP contribution < -0.4 is 4.90 Å². The van der Waals surface area contributed by atoms with E-state index in [0.29, 0.717) is 0 Å². The van der Waals surface area contributed by atoms with Crippen LogP contribution in [0.4, 0.5) is 5.82 Å². The molecule has 0 atom stereocenters. The summed E-state index contributed by atoms with van der Waals surface area (Å²) >= 11 is 1.65. The summed E-state index contributed by atoms with van der Waals surface area (Å²) in [5.74, 6) is 2.08. The molecule has 5 nitrogen and oxygen atoms in total. The van der Waals surface area contributed by atoms with Crippen molar-refractivity contribution >= 4 is 27.4 Å². The molecule has 0 fully saturated rings. The summed E-state index contributed by atoms with van der Waals surface area (Å²) in [5.41, 5.74) is 0. The predicted molar refractivity (Wildman–Crippen MR) is 82.3 cm³/mol. The van der Waals surface area contributed by atoms with Gasteiger partial charge in [-0.1, -0.05) is 0 Å². The summed E-state index contributed by atoms with van der Waals surface area (Å²) in [7, 11) is 2.08. The molecule has 0 unspecified atom stereocenters. The number of nitrogens with zero attached hydrogens (tertiary/aromatic N) is 5. The summed E-state index contributed by atoms with van der Waals surface area (Å²) in [4.78, 5) is 16.2. The third-order valence-electron chi connectivity index (χ3n) is 3.42. The van der Waals surface area contributed by atoms with Gasteiger partial charge >= 0.3 is 0 Å². The van der Waals surface area contributed by atoms with E-state index < -0.39 is 0 Å². The average molecular weight is 287 g/mol. The van der Waals surface area contributed by atoms with Crippen LogP contribution in [-0.4, -0.2) is 33.1 Å². The molecule has 0 spiro atoms. The molecule has 20 heavy (non-hydrogen) atoms. The molecule has 0 aliphatic heterocycles. The maximum atomic E-state index is 4.41. The molecule has 0 aliphatic carbocycles. The summed E-state index contributed by atoms with van der Waals surface area (Å²) in [6.07, 6.45) is 6.57. The first kappa shape index (κ1) is 13.1. The van der Waals surface area contributed by atoms with Crippen LogP contribution in [0, 0.1) is 6.92 Å². The first-order valence-corrected chi connectivity index (χ1v) is 7.51. The molecule has 0 aromatic carbocycles. The molecule has 0 N–H and O–H groups in total. The van der Waals surface area contributed by atoms with Crippen LogP contribution in [0.5, 0.6) is 0 Å². The first-order chi connectivity index (χ1) is 9.75. The monoisotopic (exact) mass is 287 g/mol. The fourth-order valence-corrected chi connectivity index (χ4v) is 3.03. The Balaban J connectivity index is 1.66. The highest BCUT2D eigenvalue weighted by Gasteiger charge is 2.09. The van der Waals surface area contributed by atoms with E-state index in [1.807, 2.05) is 19.3 Å². The van der Waals surface area contributed by atoms with Gasteiger partial charge in [-0.25, -0.2) is 15.0 Å². The standard InChI is InChI=1S/C14H17N5S/c1-11-15-5-8-19(11)7-3-6-18(2)13-12-4-9-20-14(12)17-10-16-13/h4-5,8-10H,3,6-7H2,1-2H3. The Morgan fingerprint density at radius 3 is 3.00 bits per heavy atom. The van der Waals surface area contributed by atoms with Crippen molar-refractivity contribution in [3.05, 3.63) is 36.0 Å². The van der Waals surface area contributed by atoms with E-state index in [2.05, 4.69) is 42.9 Å². The van der Waals surface area contributed by atoms with Gasteiger partial charge in [0.1, 0.15) is 22.8 Å². The van der Waals surface area contributed by atoms with Crippen LogP contribution in [0.25, 0.3) is 10.2 Å². The lowest BCUT2D eigenvalue weighted by Gasteiger charge is -2.18. The fourth-order valence-electron chi connectivity index (χ4n) is 2.31. The second kappa shape index (κ2) is 5.58. The topological polar surface area (TPSA) is 46.8 Å². The highest BCUT2D eigenvalue weighted by molar-refractivity contribution is 7.16. The lowest BCUT2D eigenvalue weighted by Crippen LogP contribution is -2.21. The van der Waals surface area contributed by atoms with Crippen LogP contribution >= 0.6 is 11.3 Å². The van der Waals surface area contributed by atoms with Crippen molar-refractivity contribution in [2.75, 3.05) is 18.5 Å². The summed E-state index contributed by atoms with van der Waals surface area (Å²) in [5, 5.41) is 3.20. The van der Waals surface area contributed by atoms with Crippen LogP contribution in [0.15, 0.2) is 30.2 Å². The molecule has 3 rings (SSSR count). The Morgan fingerprint density at radius 1 is 1.30 bits per heavy atom. The fraction of sp³-hybridized carbons (Fsp3) is 0.357. The van der Waals surface area contributed by atoms with Gasteiger partial charge < -0.3 is 9.47 Å². The SMILES string of the molecule is Cc1nccn1CCCN(C)c1ncnc2sccc12. The van der Waals surface area contributed by atoms with Crippen molar-refractivity contribution in [3.8, 4) is 0 Å². The zero-order chi connectivity index (χ0) is 13.9. The van der Waals surface area contributed by atoms with Crippen LogP contribution in [0.2, 0.25) is 0 Å². The zero-order valence-corrected chi connectivity index (χ0v) is 12.5.